The van der Waals surface area contributed by atoms with Crippen LogP contribution in [0.25, 0.3) is 22.1 Å². The molecule has 0 aliphatic heterocycles. The maximum absolute atomic E-state index is 5.32. The zero-order valence-electron chi connectivity index (χ0n) is 14.1. The van der Waals surface area contributed by atoms with Crippen LogP contribution in [0.15, 0.2) is 46.0 Å². The molecular weight excluding hydrogens is 396 g/mol. The first kappa shape index (κ1) is 16.5. The lowest BCUT2D eigenvalue weighted by Gasteiger charge is -2.04. The molecule has 7 nitrogen and oxygen atoms in total. The third-order valence-corrected chi connectivity index (χ3v) is 4.42. The number of fused-ring (bicyclic) bond motifs is 3. The number of nitrogens with one attached hydrogen (secondary N) is 2. The van der Waals surface area contributed by atoms with Crippen LogP contribution in [-0.4, -0.2) is 33.5 Å². The Morgan fingerprint density at radius 3 is 2.92 bits per heavy atom. The van der Waals surface area contributed by atoms with Gasteiger partial charge in [-0.25, -0.2) is 5.43 Å². The summed E-state index contributed by atoms with van der Waals surface area (Å²) in [6.45, 7) is 2.04. The second kappa shape index (κ2) is 6.72. The molecule has 130 valence electrons. The minimum absolute atomic E-state index is 0.311. The van der Waals surface area contributed by atoms with Gasteiger partial charge < -0.3 is 9.72 Å². The van der Waals surface area contributed by atoms with Crippen molar-refractivity contribution in [2.24, 2.45) is 5.10 Å². The molecule has 0 spiro atoms. The van der Waals surface area contributed by atoms with Crippen LogP contribution in [-0.2, 0) is 0 Å². The molecule has 2 aromatic heterocycles. The second-order valence-corrected chi connectivity index (χ2v) is 6.68. The highest BCUT2D eigenvalue weighted by Gasteiger charge is 2.09. The summed E-state index contributed by atoms with van der Waals surface area (Å²) in [6, 6.07) is 11.8. The lowest BCUT2D eigenvalue weighted by molar-refractivity contribution is 0.414. The summed E-state index contributed by atoms with van der Waals surface area (Å²) < 4.78 is 6.25. The molecule has 26 heavy (non-hydrogen) atoms. The van der Waals surface area contributed by atoms with E-state index in [9.17, 15) is 0 Å². The zero-order valence-corrected chi connectivity index (χ0v) is 15.7. The highest BCUT2D eigenvalue weighted by molar-refractivity contribution is 9.10. The number of methoxy groups -OCH3 is 1. The number of aromatic amines is 1. The Morgan fingerprint density at radius 1 is 1.19 bits per heavy atom. The fourth-order valence-electron chi connectivity index (χ4n) is 2.70. The number of hydrogen-bond donors (Lipinski definition) is 2. The Balaban J connectivity index is 1.62. The van der Waals surface area contributed by atoms with Gasteiger partial charge >= 0.3 is 0 Å². The fourth-order valence-corrected chi connectivity index (χ4v) is 3.08. The Labute approximate surface area is 157 Å². The largest absolute Gasteiger partial charge is 0.496 e. The summed E-state index contributed by atoms with van der Waals surface area (Å²) in [5.74, 6) is 1.03. The van der Waals surface area contributed by atoms with Crippen LogP contribution in [0.1, 0.15) is 11.1 Å². The van der Waals surface area contributed by atoms with Crippen LogP contribution in [0.5, 0.6) is 5.75 Å². The zero-order chi connectivity index (χ0) is 18.1. The number of anilines is 1. The van der Waals surface area contributed by atoms with E-state index in [1.54, 1.807) is 13.3 Å². The van der Waals surface area contributed by atoms with E-state index in [4.69, 9.17) is 4.74 Å². The molecule has 4 rings (SSSR count). The number of hydrazone groups is 1. The van der Waals surface area contributed by atoms with E-state index in [-0.39, 0.29) is 0 Å². The molecule has 8 heteroatoms. The van der Waals surface area contributed by atoms with Crippen molar-refractivity contribution in [1.82, 2.24) is 20.2 Å². The number of hydrogen-bond acceptors (Lipinski definition) is 6. The van der Waals surface area contributed by atoms with E-state index in [0.717, 1.165) is 37.8 Å². The SMILES string of the molecule is COc1ccc(Br)cc1/C=N/Nc1nnc2c(n1)[nH]c1ccc(C)cc12. The number of nitrogens with zero attached hydrogens (tertiary/aromatic N) is 4. The highest BCUT2D eigenvalue weighted by atomic mass is 79.9. The first-order valence-electron chi connectivity index (χ1n) is 7.89. The van der Waals surface area contributed by atoms with Crippen LogP contribution in [0.2, 0.25) is 0 Å². The number of H-pyrrole nitrogens is 1. The molecule has 0 aliphatic carbocycles. The smallest absolute Gasteiger partial charge is 0.265 e. The highest BCUT2D eigenvalue weighted by Crippen LogP contribution is 2.24. The first-order chi connectivity index (χ1) is 12.6. The van der Waals surface area contributed by atoms with Crippen LogP contribution in [0.3, 0.4) is 0 Å². The van der Waals surface area contributed by atoms with Crippen molar-refractivity contribution < 1.29 is 4.74 Å². The van der Waals surface area contributed by atoms with Gasteiger partial charge in [-0.1, -0.05) is 27.6 Å². The van der Waals surface area contributed by atoms with Gasteiger partial charge in [-0.2, -0.15) is 10.1 Å². The molecule has 2 heterocycles. The van der Waals surface area contributed by atoms with E-state index < -0.39 is 0 Å². The number of rotatable bonds is 4. The molecule has 0 saturated heterocycles. The molecule has 0 bridgehead atoms. The molecule has 2 aromatic carbocycles. The molecule has 4 aromatic rings. The van der Waals surface area contributed by atoms with Crippen molar-refractivity contribution in [2.75, 3.05) is 12.5 Å². The van der Waals surface area contributed by atoms with E-state index in [0.29, 0.717) is 11.6 Å². The van der Waals surface area contributed by atoms with Gasteiger partial charge in [0.15, 0.2) is 5.65 Å². The maximum atomic E-state index is 5.32. The van der Waals surface area contributed by atoms with E-state index in [1.165, 1.54) is 0 Å². The van der Waals surface area contributed by atoms with Gasteiger partial charge in [-0.15, -0.1) is 10.2 Å². The van der Waals surface area contributed by atoms with E-state index >= 15 is 0 Å². The van der Waals surface area contributed by atoms with Crippen LogP contribution < -0.4 is 10.2 Å². The molecular formula is C18H15BrN6O. The van der Waals surface area contributed by atoms with Crippen LogP contribution in [0.4, 0.5) is 5.95 Å². The number of benzene rings is 2. The third-order valence-electron chi connectivity index (χ3n) is 3.93. The van der Waals surface area contributed by atoms with Gasteiger partial charge in [0, 0.05) is 20.9 Å². The summed E-state index contributed by atoms with van der Waals surface area (Å²) >= 11 is 3.43. The second-order valence-electron chi connectivity index (χ2n) is 5.76. The average Bonchev–Trinajstić information content (AvgIpc) is 2.99. The van der Waals surface area contributed by atoms with Crippen molar-refractivity contribution >= 4 is 50.2 Å². The van der Waals surface area contributed by atoms with Gasteiger partial charge in [0.1, 0.15) is 11.3 Å². The normalized spacial score (nSPS) is 11.5. The standard InChI is InChI=1S/C18H15BrN6O/c1-10-3-5-14-13(7-10)16-17(21-14)22-18(25-23-16)24-20-9-11-8-12(19)4-6-15(11)26-2/h3-9H,1-2H3,(H2,21,22,24,25)/b20-9+. The summed E-state index contributed by atoms with van der Waals surface area (Å²) in [4.78, 5) is 7.69. The van der Waals surface area contributed by atoms with Crippen LogP contribution in [0, 0.1) is 6.92 Å². The minimum atomic E-state index is 0.311. The lowest BCUT2D eigenvalue weighted by Crippen LogP contribution is -1.99. The average molecular weight is 411 g/mol. The first-order valence-corrected chi connectivity index (χ1v) is 8.69. The maximum Gasteiger partial charge on any atom is 0.265 e. The van der Waals surface area contributed by atoms with Gasteiger partial charge in [0.05, 0.1) is 13.3 Å². The van der Waals surface area contributed by atoms with E-state index in [2.05, 4.69) is 52.7 Å². The Kier molecular flexibility index (Phi) is 4.26. The van der Waals surface area contributed by atoms with Gasteiger partial charge in [-0.05, 0) is 37.3 Å². The van der Waals surface area contributed by atoms with E-state index in [1.807, 2.05) is 37.3 Å². The summed E-state index contributed by atoms with van der Waals surface area (Å²) in [7, 11) is 1.62. The molecule has 0 radical (unpaired) electrons. The fraction of sp³-hybridized carbons (Fsp3) is 0.111. The molecule has 0 saturated carbocycles. The van der Waals surface area contributed by atoms with Crippen molar-refractivity contribution in [3.05, 3.63) is 52.0 Å². The topological polar surface area (TPSA) is 88.1 Å². The molecule has 0 fully saturated rings. The van der Waals surface area contributed by atoms with Gasteiger partial charge in [0.2, 0.25) is 0 Å². The number of aryl methyl sites for hydroxylation is 1. The van der Waals surface area contributed by atoms with Crippen molar-refractivity contribution in [3.8, 4) is 5.75 Å². The number of halogens is 1. The van der Waals surface area contributed by atoms with Gasteiger partial charge in [-0.3, -0.25) is 0 Å². The Hall–Kier alpha value is -3.00. The molecule has 0 amide bonds. The molecule has 0 aliphatic rings. The van der Waals surface area contributed by atoms with Crippen molar-refractivity contribution in [3.63, 3.8) is 0 Å². The third kappa shape index (κ3) is 3.11. The Bertz CT molecular complexity index is 1140. The van der Waals surface area contributed by atoms with Crippen LogP contribution >= 0.6 is 15.9 Å². The predicted molar refractivity (Wildman–Crippen MR) is 106 cm³/mol. The predicted octanol–water partition coefficient (Wildman–Crippen LogP) is 4.03. The van der Waals surface area contributed by atoms with Crippen molar-refractivity contribution in [2.45, 2.75) is 6.92 Å². The summed E-state index contributed by atoms with van der Waals surface area (Å²) in [5.41, 5.74) is 7.18. The Morgan fingerprint density at radius 2 is 2.08 bits per heavy atom. The molecule has 2 N–H and O–H groups in total. The molecule has 0 unspecified atom stereocenters. The quantitative estimate of drug-likeness (QED) is 0.391. The number of aromatic nitrogens is 4. The number of ether oxygens (including phenoxy) is 1. The summed E-state index contributed by atoms with van der Waals surface area (Å²) in [6.07, 6.45) is 1.64. The molecule has 0 atom stereocenters. The minimum Gasteiger partial charge on any atom is -0.496 e. The van der Waals surface area contributed by atoms with Crippen molar-refractivity contribution in [1.29, 1.82) is 0 Å². The monoisotopic (exact) mass is 410 g/mol. The van der Waals surface area contributed by atoms with Gasteiger partial charge in [0.25, 0.3) is 5.95 Å². The summed E-state index contributed by atoms with van der Waals surface area (Å²) in [5, 5.41) is 13.6. The lowest BCUT2D eigenvalue weighted by atomic mass is 10.2.